The van der Waals surface area contributed by atoms with Crippen molar-refractivity contribution in [2.24, 2.45) is 0 Å². The van der Waals surface area contributed by atoms with Gasteiger partial charge in [0.1, 0.15) is 0 Å². The number of rotatable bonds is 5. The van der Waals surface area contributed by atoms with Crippen molar-refractivity contribution in [3.05, 3.63) is 10.4 Å². The Bertz CT molecular complexity index is 230. The standard InChI is InChI=1S/C12H25BGeO2/c1-5-6-7-9-12(14(2,3)4)13-15-10-8-11-16-13/h9H,5-8,10-11H2,1-4H3/b12-9-. The summed E-state index contributed by atoms with van der Waals surface area (Å²) in [7, 11) is -0.0226. The van der Waals surface area contributed by atoms with Gasteiger partial charge in [0.25, 0.3) is 0 Å². The summed E-state index contributed by atoms with van der Waals surface area (Å²) in [6.07, 6.45) is 7.15. The number of allylic oxidation sites excluding steroid dienone is 1. The fourth-order valence-corrected chi connectivity index (χ4v) is 5.31. The van der Waals surface area contributed by atoms with E-state index < -0.39 is 13.3 Å². The van der Waals surface area contributed by atoms with Gasteiger partial charge in [-0.05, 0) is 0 Å². The van der Waals surface area contributed by atoms with E-state index in [1.165, 1.54) is 23.6 Å². The van der Waals surface area contributed by atoms with Gasteiger partial charge in [-0.15, -0.1) is 0 Å². The van der Waals surface area contributed by atoms with E-state index in [0.29, 0.717) is 0 Å². The molecule has 0 atom stereocenters. The maximum absolute atomic E-state index is 5.75. The van der Waals surface area contributed by atoms with E-state index >= 15 is 0 Å². The van der Waals surface area contributed by atoms with E-state index in [1.807, 2.05) is 0 Å². The Morgan fingerprint density at radius 1 is 1.25 bits per heavy atom. The van der Waals surface area contributed by atoms with Gasteiger partial charge < -0.3 is 0 Å². The summed E-state index contributed by atoms with van der Waals surface area (Å²) >= 11 is -1.82. The SMILES string of the molecule is CCCC/C=[C](/B1OCCCO1)[Ge]([CH3])([CH3])[CH3]. The van der Waals surface area contributed by atoms with Crippen LogP contribution in [-0.4, -0.2) is 33.6 Å². The van der Waals surface area contributed by atoms with Crippen LogP contribution in [0.15, 0.2) is 10.4 Å². The molecule has 0 unspecified atom stereocenters. The van der Waals surface area contributed by atoms with Crippen LogP contribution < -0.4 is 0 Å². The Morgan fingerprint density at radius 3 is 2.38 bits per heavy atom. The van der Waals surface area contributed by atoms with E-state index in [-0.39, 0.29) is 7.12 Å². The van der Waals surface area contributed by atoms with E-state index in [4.69, 9.17) is 9.31 Å². The number of hydrogen-bond acceptors (Lipinski definition) is 2. The first kappa shape index (κ1) is 14.3. The predicted octanol–water partition coefficient (Wildman–Crippen LogP) is 3.44. The van der Waals surface area contributed by atoms with Crippen LogP contribution >= 0.6 is 0 Å². The van der Waals surface area contributed by atoms with Crippen molar-refractivity contribution < 1.29 is 9.31 Å². The Hall–Kier alpha value is 0.268. The van der Waals surface area contributed by atoms with Gasteiger partial charge in [0.2, 0.25) is 0 Å². The van der Waals surface area contributed by atoms with E-state index in [0.717, 1.165) is 19.6 Å². The molecule has 2 nitrogen and oxygen atoms in total. The first-order chi connectivity index (χ1) is 7.55. The van der Waals surface area contributed by atoms with Crippen LogP contribution in [-0.2, 0) is 9.31 Å². The molecule has 0 bridgehead atoms. The van der Waals surface area contributed by atoms with Gasteiger partial charge in [-0.2, -0.15) is 0 Å². The van der Waals surface area contributed by atoms with Gasteiger partial charge >= 0.3 is 103 Å². The third-order valence-corrected chi connectivity index (χ3v) is 7.43. The van der Waals surface area contributed by atoms with E-state index in [2.05, 4.69) is 30.3 Å². The van der Waals surface area contributed by atoms with Crippen LogP contribution in [0.4, 0.5) is 0 Å². The second-order valence-electron chi connectivity index (χ2n) is 5.48. The van der Waals surface area contributed by atoms with Gasteiger partial charge in [0.05, 0.1) is 0 Å². The van der Waals surface area contributed by atoms with Crippen LogP contribution in [0.25, 0.3) is 0 Å². The second kappa shape index (κ2) is 6.87. The third-order valence-electron chi connectivity index (χ3n) is 2.87. The average Bonchev–Trinajstić information content (AvgIpc) is 2.24. The van der Waals surface area contributed by atoms with Gasteiger partial charge in [-0.25, -0.2) is 0 Å². The first-order valence-corrected chi connectivity index (χ1v) is 13.8. The molecule has 1 rings (SSSR count). The molecule has 0 amide bonds. The van der Waals surface area contributed by atoms with Gasteiger partial charge in [0.15, 0.2) is 0 Å². The normalized spacial score (nSPS) is 19.0. The molecule has 1 aliphatic heterocycles. The molecule has 0 aromatic carbocycles. The van der Waals surface area contributed by atoms with Gasteiger partial charge in [0, 0.05) is 0 Å². The molecule has 0 aromatic rings. The Kier molecular flexibility index (Phi) is 6.15. The second-order valence-corrected chi connectivity index (χ2v) is 16.1. The molecular formula is C12H25BGeO2. The molecule has 92 valence electrons. The van der Waals surface area contributed by atoms with Crippen molar-refractivity contribution in [3.8, 4) is 0 Å². The Morgan fingerprint density at radius 2 is 1.88 bits per heavy atom. The summed E-state index contributed by atoms with van der Waals surface area (Å²) < 4.78 is 13.0. The molecule has 0 N–H and O–H groups in total. The van der Waals surface area contributed by atoms with Crippen molar-refractivity contribution >= 4 is 20.4 Å². The third kappa shape index (κ3) is 4.64. The molecule has 1 heterocycles. The van der Waals surface area contributed by atoms with Crippen LogP contribution in [0.2, 0.25) is 17.3 Å². The monoisotopic (exact) mass is 286 g/mol. The summed E-state index contributed by atoms with van der Waals surface area (Å²) in [5.74, 6) is 7.25. The average molecular weight is 285 g/mol. The molecule has 0 saturated carbocycles. The van der Waals surface area contributed by atoms with Crippen molar-refractivity contribution in [1.82, 2.24) is 0 Å². The van der Waals surface area contributed by atoms with Gasteiger partial charge in [-0.3, -0.25) is 0 Å². The summed E-state index contributed by atoms with van der Waals surface area (Å²) in [6, 6.07) is 0. The summed E-state index contributed by atoms with van der Waals surface area (Å²) in [5, 5.41) is 0. The zero-order chi connectivity index (χ0) is 12.0. The number of hydrogen-bond donors (Lipinski definition) is 0. The fraction of sp³-hybridized carbons (Fsp3) is 0.833. The number of unbranched alkanes of at least 4 members (excludes halogenated alkanes) is 2. The predicted molar refractivity (Wildman–Crippen MR) is 73.2 cm³/mol. The summed E-state index contributed by atoms with van der Waals surface area (Å²) in [6.45, 7) is 3.95. The van der Waals surface area contributed by atoms with Crippen molar-refractivity contribution in [2.75, 3.05) is 13.2 Å². The van der Waals surface area contributed by atoms with Crippen molar-refractivity contribution in [1.29, 1.82) is 0 Å². The molecule has 4 heteroatoms. The quantitative estimate of drug-likeness (QED) is 0.569. The zero-order valence-electron chi connectivity index (χ0n) is 11.2. The van der Waals surface area contributed by atoms with Crippen molar-refractivity contribution in [2.45, 2.75) is 49.9 Å². The summed E-state index contributed by atoms with van der Waals surface area (Å²) in [4.78, 5) is 0. The molecule has 0 spiro atoms. The van der Waals surface area contributed by atoms with Crippen LogP contribution in [0.3, 0.4) is 0 Å². The molecule has 0 aliphatic carbocycles. The Labute approximate surface area is 103 Å². The molecular weight excluding hydrogens is 260 g/mol. The summed E-state index contributed by atoms with van der Waals surface area (Å²) in [5.41, 5.74) is 0. The first-order valence-electron chi connectivity index (χ1n) is 6.49. The zero-order valence-corrected chi connectivity index (χ0v) is 13.3. The van der Waals surface area contributed by atoms with E-state index in [1.54, 1.807) is 0 Å². The minimum atomic E-state index is -1.82. The Balaban J connectivity index is 2.66. The van der Waals surface area contributed by atoms with Crippen LogP contribution in [0.1, 0.15) is 32.6 Å². The van der Waals surface area contributed by atoms with Crippen LogP contribution in [0.5, 0.6) is 0 Å². The maximum atomic E-state index is 5.75. The van der Waals surface area contributed by atoms with E-state index in [9.17, 15) is 0 Å². The molecule has 16 heavy (non-hydrogen) atoms. The van der Waals surface area contributed by atoms with Crippen LogP contribution in [0, 0.1) is 0 Å². The van der Waals surface area contributed by atoms with Gasteiger partial charge in [-0.1, -0.05) is 0 Å². The molecule has 0 aromatic heterocycles. The molecule has 0 radical (unpaired) electrons. The topological polar surface area (TPSA) is 18.5 Å². The van der Waals surface area contributed by atoms with Crippen molar-refractivity contribution in [3.63, 3.8) is 0 Å². The molecule has 1 aliphatic rings. The molecule has 1 fully saturated rings. The minimum absolute atomic E-state index is 0.0226. The fourth-order valence-electron chi connectivity index (χ4n) is 1.88. The molecule has 1 saturated heterocycles.